The highest BCUT2D eigenvalue weighted by atomic mass is 35.5. The number of nitro benzene ring substituents is 1. The fourth-order valence-electron chi connectivity index (χ4n) is 7.67. The van der Waals surface area contributed by atoms with Gasteiger partial charge in [0.15, 0.2) is 17.2 Å². The number of alkyl halides is 6. The van der Waals surface area contributed by atoms with E-state index in [0.29, 0.717) is 46.3 Å². The van der Waals surface area contributed by atoms with Crippen molar-refractivity contribution < 1.29 is 54.7 Å². The second-order valence-corrected chi connectivity index (χ2v) is 22.1. The van der Waals surface area contributed by atoms with Crippen LogP contribution in [0, 0.1) is 23.0 Å². The standard InChI is InChI=1S/C21H18F3N5O.C20H16F3N7O2.C13H7Cl5O4S/c22-21(23,24)14-3-1-4-15(11-14)26-18-9-10-25-20(29-18)28-17-6-2-5-16(12-17)27-19(30)13-7-8-13;21-20(22,23)14-3-1-2-13(8-14)10-25-19-28-17(16-18(29-19)27-11-26-16)24-9-12-4-6-15(7-5-12)30(31)32;1-4-2-5(14)8(17)12(10(4)19)23(21,22)13-9(18)6(15)3-7(16)11(13)20/h1-6,9-13H,7-8H2,(H,27,30)(H2,25,26,28,29);1-8,11H,9-10H2,(H3,24,25,26,27,28,29);2-3,19-20H,1H3. The van der Waals surface area contributed by atoms with Crippen molar-refractivity contribution in [2.45, 2.75) is 55.0 Å². The van der Waals surface area contributed by atoms with Crippen molar-refractivity contribution in [2.75, 3.05) is 26.6 Å². The van der Waals surface area contributed by atoms with Gasteiger partial charge in [-0.25, -0.2) is 18.4 Å². The molecular weight excluding hydrogens is 1250 g/mol. The van der Waals surface area contributed by atoms with Gasteiger partial charge < -0.3 is 41.8 Å². The van der Waals surface area contributed by atoms with Gasteiger partial charge in [0.25, 0.3) is 5.69 Å². The number of carbonyl (C=O) groups is 1. The first-order valence-corrected chi connectivity index (χ1v) is 27.9. The monoisotopic (exact) mass is 1290 g/mol. The summed E-state index contributed by atoms with van der Waals surface area (Å²) in [5, 5.41) is 44.2. The number of sulfone groups is 1. The number of fused-ring (bicyclic) bond motifs is 1. The Morgan fingerprint density at radius 2 is 1.28 bits per heavy atom. The van der Waals surface area contributed by atoms with Gasteiger partial charge in [-0.2, -0.15) is 41.3 Å². The molecule has 0 saturated heterocycles. The number of hydrogen-bond acceptors (Lipinski definition) is 16. The molecule has 1 fully saturated rings. The molecule has 0 spiro atoms. The average molecular weight is 1290 g/mol. The normalized spacial score (nSPS) is 12.3. The smallest absolute Gasteiger partial charge is 0.416 e. The van der Waals surface area contributed by atoms with Gasteiger partial charge in [0.05, 0.1) is 47.5 Å². The molecule has 31 heteroatoms. The minimum absolute atomic E-state index is 0.00665. The molecule has 3 aromatic heterocycles. The van der Waals surface area contributed by atoms with Crippen LogP contribution in [0.2, 0.25) is 25.1 Å². The largest absolute Gasteiger partial charge is 0.506 e. The Morgan fingerprint density at radius 3 is 1.94 bits per heavy atom. The SMILES string of the molecule is Cc1cc(Cl)c(Cl)c(S(=O)(=O)c2c(O)c(Cl)cc(Cl)c2Cl)c1O.O=C(Nc1cccc(Nc2nccc(Nc3cccc(C(F)(F)F)c3)n2)c1)C1CC1.O=[N+]([O-])c1ccc(CNc2nc(NCc3cccc(C(F)(F)F)c3)nc3nc[nH]c23)cc1. The summed E-state index contributed by atoms with van der Waals surface area (Å²) >= 11 is 29.3. The molecule has 0 atom stereocenters. The number of aromatic amines is 1. The van der Waals surface area contributed by atoms with Gasteiger partial charge in [-0.15, -0.1) is 0 Å². The summed E-state index contributed by atoms with van der Waals surface area (Å²) < 4.78 is 103. The zero-order valence-corrected chi connectivity index (χ0v) is 47.8. The summed E-state index contributed by atoms with van der Waals surface area (Å²) in [6.45, 7) is 1.85. The number of nitrogens with zero attached hydrogens (tertiary/aromatic N) is 6. The van der Waals surface area contributed by atoms with E-state index in [4.69, 9.17) is 58.0 Å². The molecule has 0 unspecified atom stereocenters. The Balaban J connectivity index is 0.000000168. The van der Waals surface area contributed by atoms with E-state index in [-0.39, 0.29) is 62.3 Å². The lowest BCUT2D eigenvalue weighted by molar-refractivity contribution is -0.384. The quantitative estimate of drug-likeness (QED) is 0.0205. The molecule has 19 nitrogen and oxygen atoms in total. The van der Waals surface area contributed by atoms with Crippen LogP contribution < -0.4 is 26.6 Å². The number of rotatable bonds is 15. The fraction of sp³-hybridized carbons (Fsp3) is 0.148. The molecule has 10 rings (SSSR count). The molecule has 1 amide bonds. The second-order valence-electron chi connectivity index (χ2n) is 18.3. The molecule has 1 saturated carbocycles. The van der Waals surface area contributed by atoms with Crippen LogP contribution >= 0.6 is 58.0 Å². The summed E-state index contributed by atoms with van der Waals surface area (Å²) in [4.78, 5) is 44.9. The first-order chi connectivity index (χ1) is 40.2. The number of phenolic OH excluding ortho intramolecular Hbond substituents is 2. The van der Waals surface area contributed by atoms with Crippen LogP contribution in [0.25, 0.3) is 11.2 Å². The number of nitro groups is 1. The van der Waals surface area contributed by atoms with Gasteiger partial charge in [-0.05, 0) is 103 Å². The lowest BCUT2D eigenvalue weighted by atomic mass is 10.1. The number of phenols is 2. The molecule has 6 aromatic carbocycles. The van der Waals surface area contributed by atoms with Gasteiger partial charge in [0, 0.05) is 54.4 Å². The number of amides is 1. The number of non-ortho nitro benzene ring substituents is 1. The van der Waals surface area contributed by atoms with Gasteiger partial charge in [-0.3, -0.25) is 14.9 Å². The number of anilines is 7. The minimum atomic E-state index is -4.57. The van der Waals surface area contributed by atoms with Crippen molar-refractivity contribution in [1.29, 1.82) is 0 Å². The van der Waals surface area contributed by atoms with Crippen LogP contribution in [0.5, 0.6) is 11.5 Å². The van der Waals surface area contributed by atoms with E-state index < -0.39 is 69.6 Å². The van der Waals surface area contributed by atoms with Gasteiger partial charge in [-0.1, -0.05) is 94.4 Å². The van der Waals surface area contributed by atoms with Crippen molar-refractivity contribution in [3.8, 4) is 11.5 Å². The number of benzene rings is 6. The topological polar surface area (TPSA) is 275 Å². The Hall–Kier alpha value is -8.40. The van der Waals surface area contributed by atoms with E-state index in [0.717, 1.165) is 48.7 Å². The maximum Gasteiger partial charge on any atom is 0.416 e. The highest BCUT2D eigenvalue weighted by Gasteiger charge is 2.35. The summed E-state index contributed by atoms with van der Waals surface area (Å²) in [7, 11) is -4.57. The zero-order valence-electron chi connectivity index (χ0n) is 43.2. The highest BCUT2D eigenvalue weighted by Crippen LogP contribution is 2.48. The van der Waals surface area contributed by atoms with Crippen LogP contribution in [-0.4, -0.2) is 59.4 Å². The number of halogens is 11. The number of hydrogen-bond donors (Lipinski definition) is 8. The fourth-order valence-corrected chi connectivity index (χ4v) is 11.1. The third-order valence-electron chi connectivity index (χ3n) is 12.0. The van der Waals surface area contributed by atoms with Crippen LogP contribution in [0.4, 0.5) is 72.6 Å². The number of aromatic nitrogens is 6. The summed E-state index contributed by atoms with van der Waals surface area (Å²) in [5.74, 6) is -0.104. The van der Waals surface area contributed by atoms with E-state index in [1.54, 1.807) is 48.5 Å². The summed E-state index contributed by atoms with van der Waals surface area (Å²) in [5.41, 5.74) is 2.42. The molecule has 8 N–H and O–H groups in total. The number of carbonyl (C=O) groups excluding carboxylic acids is 1. The first-order valence-electron chi connectivity index (χ1n) is 24.5. The van der Waals surface area contributed by atoms with Crippen LogP contribution in [0.3, 0.4) is 0 Å². The van der Waals surface area contributed by atoms with Crippen molar-refractivity contribution in [3.63, 3.8) is 0 Å². The Morgan fingerprint density at radius 1 is 0.682 bits per heavy atom. The lowest BCUT2D eigenvalue weighted by Gasteiger charge is -2.15. The number of nitrogens with one attached hydrogen (secondary N) is 6. The van der Waals surface area contributed by atoms with E-state index in [9.17, 15) is 59.9 Å². The van der Waals surface area contributed by atoms with E-state index in [1.807, 2.05) is 0 Å². The van der Waals surface area contributed by atoms with E-state index >= 15 is 0 Å². The van der Waals surface area contributed by atoms with Gasteiger partial charge in [0.1, 0.15) is 26.9 Å². The predicted octanol–water partition coefficient (Wildman–Crippen LogP) is 15.3. The number of aromatic hydroxyl groups is 2. The Labute approximate surface area is 502 Å². The maximum atomic E-state index is 12.9. The highest BCUT2D eigenvalue weighted by molar-refractivity contribution is 7.92. The van der Waals surface area contributed by atoms with E-state index in [2.05, 4.69) is 56.5 Å². The predicted molar refractivity (Wildman–Crippen MR) is 310 cm³/mol. The van der Waals surface area contributed by atoms with Crippen molar-refractivity contribution in [1.82, 2.24) is 29.9 Å². The molecular formula is C54H41Cl5F6N12O7S. The number of imidazole rings is 1. The maximum absolute atomic E-state index is 12.9. The van der Waals surface area contributed by atoms with Crippen molar-refractivity contribution >= 4 is 131 Å². The Kier molecular flexibility index (Phi) is 19.3. The number of H-pyrrole nitrogens is 1. The summed E-state index contributed by atoms with van der Waals surface area (Å²) in [6, 6.07) is 27.0. The van der Waals surface area contributed by atoms with Crippen LogP contribution in [0.15, 0.2) is 138 Å². The van der Waals surface area contributed by atoms with Gasteiger partial charge >= 0.3 is 12.4 Å². The van der Waals surface area contributed by atoms with Gasteiger partial charge in [0.2, 0.25) is 27.6 Å². The van der Waals surface area contributed by atoms with Crippen molar-refractivity contribution in [2.24, 2.45) is 5.92 Å². The molecule has 0 bridgehead atoms. The molecule has 9 aromatic rings. The number of aryl methyl sites for hydroxylation is 1. The van der Waals surface area contributed by atoms with E-state index in [1.165, 1.54) is 55.8 Å². The molecule has 0 aliphatic heterocycles. The first kappa shape index (κ1) is 62.6. The zero-order chi connectivity index (χ0) is 61.5. The average Bonchev–Trinajstić information content (AvgIpc) is 1.96. The third-order valence-corrected chi connectivity index (χ3v) is 16.0. The Bertz CT molecular complexity index is 3970. The van der Waals surface area contributed by atoms with Crippen molar-refractivity contribution in [3.05, 3.63) is 191 Å². The molecule has 3 heterocycles. The van der Waals surface area contributed by atoms with Crippen LogP contribution in [-0.2, 0) is 40.1 Å². The molecule has 1 aliphatic carbocycles. The minimum Gasteiger partial charge on any atom is -0.506 e. The molecule has 0 radical (unpaired) electrons. The van der Waals surface area contributed by atoms with Crippen LogP contribution in [0.1, 0.15) is 40.7 Å². The third kappa shape index (κ3) is 15.9. The molecule has 442 valence electrons. The molecule has 1 aliphatic rings. The summed E-state index contributed by atoms with van der Waals surface area (Å²) in [6.07, 6.45) is -4.06. The second kappa shape index (κ2) is 26.3. The molecule has 85 heavy (non-hydrogen) atoms. The lowest BCUT2D eigenvalue weighted by Crippen LogP contribution is -2.13.